The third kappa shape index (κ3) is 3.21. The number of pyridine rings is 1. The molecule has 4 nitrogen and oxygen atoms in total. The minimum absolute atomic E-state index is 0.248. The predicted molar refractivity (Wildman–Crippen MR) is 70.7 cm³/mol. The first-order valence-electron chi connectivity index (χ1n) is 6.65. The minimum Gasteiger partial charge on any atom is -0.495 e. The van der Waals surface area contributed by atoms with E-state index in [4.69, 9.17) is 9.47 Å². The largest absolute Gasteiger partial charge is 0.495 e. The van der Waals surface area contributed by atoms with E-state index < -0.39 is 0 Å². The zero-order chi connectivity index (χ0) is 12.8. The second kappa shape index (κ2) is 6.71. The van der Waals surface area contributed by atoms with E-state index >= 15 is 0 Å². The summed E-state index contributed by atoms with van der Waals surface area (Å²) < 4.78 is 10.9. The number of nitrogens with zero attached hydrogens (tertiary/aromatic N) is 1. The number of hydrogen-bond donors (Lipinski definition) is 1. The van der Waals surface area contributed by atoms with Gasteiger partial charge < -0.3 is 14.8 Å². The number of nitrogens with one attached hydrogen (secondary N) is 1. The normalized spacial score (nSPS) is 20.9. The Kier molecular flexibility index (Phi) is 4.96. The predicted octanol–water partition coefficient (Wildman–Crippen LogP) is 2.17. The van der Waals surface area contributed by atoms with Crippen LogP contribution in [0.3, 0.4) is 0 Å². The van der Waals surface area contributed by atoms with Gasteiger partial charge in [0.15, 0.2) is 0 Å². The maximum absolute atomic E-state index is 5.45. The molecule has 18 heavy (non-hydrogen) atoms. The summed E-state index contributed by atoms with van der Waals surface area (Å²) in [4.78, 5) is 4.48. The van der Waals surface area contributed by atoms with Crippen LogP contribution in [0.1, 0.15) is 31.5 Å². The first-order chi connectivity index (χ1) is 8.85. The van der Waals surface area contributed by atoms with Crippen LogP contribution in [0.5, 0.6) is 5.75 Å². The fraction of sp³-hybridized carbons (Fsp3) is 0.643. The van der Waals surface area contributed by atoms with E-state index in [2.05, 4.69) is 17.2 Å². The topological polar surface area (TPSA) is 43.4 Å². The summed E-state index contributed by atoms with van der Waals surface area (Å²) in [7, 11) is 1.70. The van der Waals surface area contributed by atoms with Gasteiger partial charge in [0.05, 0.1) is 18.8 Å². The maximum Gasteiger partial charge on any atom is 0.141 e. The van der Waals surface area contributed by atoms with Crippen LogP contribution in [0.2, 0.25) is 0 Å². The molecule has 0 aromatic carbocycles. The summed E-state index contributed by atoms with van der Waals surface area (Å²) in [6.07, 6.45) is 4.03. The van der Waals surface area contributed by atoms with E-state index in [1.54, 1.807) is 7.11 Å². The number of aromatic nitrogens is 1. The van der Waals surface area contributed by atoms with Gasteiger partial charge in [0.2, 0.25) is 0 Å². The molecule has 1 aliphatic heterocycles. The molecule has 0 amide bonds. The SMILES string of the molecule is CCNC(CC1CCOC1)c1ncccc1OC. The fourth-order valence-electron chi connectivity index (χ4n) is 2.48. The maximum atomic E-state index is 5.45. The van der Waals surface area contributed by atoms with Gasteiger partial charge in [-0.25, -0.2) is 0 Å². The molecule has 1 aromatic heterocycles. The van der Waals surface area contributed by atoms with E-state index in [9.17, 15) is 0 Å². The van der Waals surface area contributed by atoms with Crippen LogP contribution < -0.4 is 10.1 Å². The highest BCUT2D eigenvalue weighted by Gasteiger charge is 2.24. The van der Waals surface area contributed by atoms with Crippen LogP contribution in [0.25, 0.3) is 0 Å². The quantitative estimate of drug-likeness (QED) is 0.840. The number of ether oxygens (including phenoxy) is 2. The molecule has 0 radical (unpaired) electrons. The molecule has 4 heteroatoms. The average Bonchev–Trinajstić information content (AvgIpc) is 2.91. The molecule has 0 spiro atoms. The Morgan fingerprint density at radius 3 is 3.17 bits per heavy atom. The third-order valence-electron chi connectivity index (χ3n) is 3.39. The Labute approximate surface area is 109 Å². The van der Waals surface area contributed by atoms with Crippen LogP contribution in [0, 0.1) is 5.92 Å². The lowest BCUT2D eigenvalue weighted by molar-refractivity contribution is 0.181. The summed E-state index contributed by atoms with van der Waals surface area (Å²) in [5.74, 6) is 1.49. The van der Waals surface area contributed by atoms with Crippen molar-refractivity contribution in [1.29, 1.82) is 0 Å². The van der Waals surface area contributed by atoms with Gasteiger partial charge in [-0.1, -0.05) is 6.92 Å². The molecule has 1 N–H and O–H groups in total. The van der Waals surface area contributed by atoms with Crippen molar-refractivity contribution in [3.05, 3.63) is 24.0 Å². The summed E-state index contributed by atoms with van der Waals surface area (Å²) in [5.41, 5.74) is 1.01. The second-order valence-electron chi connectivity index (χ2n) is 4.67. The number of rotatable bonds is 6. The minimum atomic E-state index is 0.248. The smallest absolute Gasteiger partial charge is 0.141 e. The van der Waals surface area contributed by atoms with Gasteiger partial charge >= 0.3 is 0 Å². The van der Waals surface area contributed by atoms with Crippen molar-refractivity contribution in [3.8, 4) is 5.75 Å². The molecule has 1 aliphatic rings. The highest BCUT2D eigenvalue weighted by atomic mass is 16.5. The molecule has 1 saturated heterocycles. The number of methoxy groups -OCH3 is 1. The fourth-order valence-corrected chi connectivity index (χ4v) is 2.48. The second-order valence-corrected chi connectivity index (χ2v) is 4.67. The molecule has 2 atom stereocenters. The summed E-state index contributed by atoms with van der Waals surface area (Å²) in [6.45, 7) is 4.81. The van der Waals surface area contributed by atoms with Crippen LogP contribution >= 0.6 is 0 Å². The van der Waals surface area contributed by atoms with Crippen molar-refractivity contribution in [2.75, 3.05) is 26.9 Å². The van der Waals surface area contributed by atoms with Gasteiger partial charge in [-0.2, -0.15) is 0 Å². The monoisotopic (exact) mass is 250 g/mol. The molecule has 2 heterocycles. The van der Waals surface area contributed by atoms with E-state index in [1.807, 2.05) is 18.3 Å². The molecule has 0 saturated carbocycles. The average molecular weight is 250 g/mol. The van der Waals surface area contributed by atoms with Crippen molar-refractivity contribution in [1.82, 2.24) is 10.3 Å². The van der Waals surface area contributed by atoms with Crippen LogP contribution in [0.15, 0.2) is 18.3 Å². The van der Waals surface area contributed by atoms with Gasteiger partial charge in [-0.05, 0) is 37.4 Å². The lowest BCUT2D eigenvalue weighted by atomic mass is 9.96. The Morgan fingerprint density at radius 1 is 1.61 bits per heavy atom. The van der Waals surface area contributed by atoms with Gasteiger partial charge in [0.25, 0.3) is 0 Å². The Bertz CT molecular complexity index is 365. The molecule has 0 bridgehead atoms. The molecule has 1 fully saturated rings. The number of hydrogen-bond acceptors (Lipinski definition) is 4. The van der Waals surface area contributed by atoms with Crippen molar-refractivity contribution in [3.63, 3.8) is 0 Å². The highest BCUT2D eigenvalue weighted by Crippen LogP contribution is 2.30. The van der Waals surface area contributed by atoms with Crippen LogP contribution in [-0.4, -0.2) is 31.9 Å². The highest BCUT2D eigenvalue weighted by molar-refractivity contribution is 5.29. The first kappa shape index (κ1) is 13.3. The lowest BCUT2D eigenvalue weighted by Gasteiger charge is -2.21. The van der Waals surface area contributed by atoms with Crippen molar-refractivity contribution < 1.29 is 9.47 Å². The summed E-state index contributed by atoms with van der Waals surface area (Å²) >= 11 is 0. The molecule has 1 aromatic rings. The van der Waals surface area contributed by atoms with E-state index in [-0.39, 0.29) is 6.04 Å². The van der Waals surface area contributed by atoms with Crippen molar-refractivity contribution >= 4 is 0 Å². The summed E-state index contributed by atoms with van der Waals surface area (Å²) in [5, 5.41) is 3.50. The molecule has 0 aliphatic carbocycles. The van der Waals surface area contributed by atoms with E-state index in [0.29, 0.717) is 5.92 Å². The van der Waals surface area contributed by atoms with Gasteiger partial charge in [0, 0.05) is 19.4 Å². The molecular formula is C14H22N2O2. The van der Waals surface area contributed by atoms with Gasteiger partial charge in [-0.3, -0.25) is 4.98 Å². The van der Waals surface area contributed by atoms with Gasteiger partial charge in [0.1, 0.15) is 5.75 Å². The van der Waals surface area contributed by atoms with Gasteiger partial charge in [-0.15, -0.1) is 0 Å². The van der Waals surface area contributed by atoms with Crippen molar-refractivity contribution in [2.24, 2.45) is 5.92 Å². The Morgan fingerprint density at radius 2 is 2.50 bits per heavy atom. The zero-order valence-electron chi connectivity index (χ0n) is 11.2. The standard InChI is InChI=1S/C14H22N2O2/c1-3-15-12(9-11-6-8-18-10-11)14-13(17-2)5-4-7-16-14/h4-5,7,11-12,15H,3,6,8-10H2,1-2H3. The zero-order valence-corrected chi connectivity index (χ0v) is 11.2. The summed E-state index contributed by atoms with van der Waals surface area (Å²) in [6, 6.07) is 4.12. The van der Waals surface area contributed by atoms with Crippen LogP contribution in [0.4, 0.5) is 0 Å². The Hall–Kier alpha value is -1.13. The van der Waals surface area contributed by atoms with E-state index in [0.717, 1.165) is 44.0 Å². The van der Waals surface area contributed by atoms with E-state index in [1.165, 1.54) is 0 Å². The first-order valence-corrected chi connectivity index (χ1v) is 6.65. The molecule has 100 valence electrons. The van der Waals surface area contributed by atoms with Crippen LogP contribution in [-0.2, 0) is 4.74 Å². The van der Waals surface area contributed by atoms with Crippen molar-refractivity contribution in [2.45, 2.75) is 25.8 Å². The lowest BCUT2D eigenvalue weighted by Crippen LogP contribution is -2.25. The molecule has 2 unspecified atom stereocenters. The third-order valence-corrected chi connectivity index (χ3v) is 3.39. The molecule has 2 rings (SSSR count). The Balaban J connectivity index is 2.11. The molecular weight excluding hydrogens is 228 g/mol.